The lowest BCUT2D eigenvalue weighted by Gasteiger charge is -2.00. The van der Waals surface area contributed by atoms with Gasteiger partial charge in [-0.25, -0.2) is 13.1 Å². The molecule has 4 nitrogen and oxygen atoms in total. The Morgan fingerprint density at radius 3 is 2.36 bits per heavy atom. The predicted molar refractivity (Wildman–Crippen MR) is 43.8 cm³/mol. The Morgan fingerprint density at radius 2 is 1.91 bits per heavy atom. The monoisotopic (exact) mass is 181 g/mol. The van der Waals surface area contributed by atoms with E-state index in [1.165, 1.54) is 7.05 Å². The first-order chi connectivity index (χ1) is 5.12. The maximum atomic E-state index is 10.8. The molecule has 0 aliphatic heterocycles. The van der Waals surface area contributed by atoms with Gasteiger partial charge in [-0.3, -0.25) is 0 Å². The summed E-state index contributed by atoms with van der Waals surface area (Å²) in [5, 5.41) is 8.39. The molecule has 2 N–H and O–H groups in total. The molecule has 0 fully saturated rings. The van der Waals surface area contributed by atoms with E-state index in [0.717, 1.165) is 6.42 Å². The first-order valence-electron chi connectivity index (χ1n) is 3.64. The van der Waals surface area contributed by atoms with Gasteiger partial charge in [-0.15, -0.1) is 0 Å². The number of sulfonamides is 1. The fourth-order valence-electron chi connectivity index (χ4n) is 0.683. The summed E-state index contributed by atoms with van der Waals surface area (Å²) in [5.41, 5.74) is 0. The van der Waals surface area contributed by atoms with E-state index >= 15 is 0 Å². The zero-order chi connectivity index (χ0) is 8.74. The Kier molecular flexibility index (Phi) is 5.45. The maximum absolute atomic E-state index is 10.8. The maximum Gasteiger partial charge on any atom is 0.211 e. The molecule has 0 aliphatic rings. The van der Waals surface area contributed by atoms with Crippen molar-refractivity contribution in [2.75, 3.05) is 19.4 Å². The van der Waals surface area contributed by atoms with Gasteiger partial charge in [0.1, 0.15) is 0 Å². The van der Waals surface area contributed by atoms with Crippen LogP contribution in [0.5, 0.6) is 0 Å². The number of nitrogens with one attached hydrogen (secondary N) is 1. The van der Waals surface area contributed by atoms with Crippen LogP contribution in [0.15, 0.2) is 0 Å². The fourth-order valence-corrected chi connectivity index (χ4v) is 1.47. The van der Waals surface area contributed by atoms with Crippen LogP contribution in [-0.4, -0.2) is 32.9 Å². The molecular formula is C6H15NO3S. The summed E-state index contributed by atoms with van der Waals surface area (Å²) in [6, 6.07) is 0. The average molecular weight is 181 g/mol. The second-order valence-electron chi connectivity index (χ2n) is 2.31. The van der Waals surface area contributed by atoms with E-state index in [9.17, 15) is 8.42 Å². The Morgan fingerprint density at radius 1 is 1.27 bits per heavy atom. The minimum Gasteiger partial charge on any atom is -0.396 e. The van der Waals surface area contributed by atoms with Gasteiger partial charge in [0.05, 0.1) is 5.75 Å². The molecule has 0 aromatic rings. The molecule has 11 heavy (non-hydrogen) atoms. The second-order valence-corrected chi connectivity index (χ2v) is 4.35. The van der Waals surface area contributed by atoms with Gasteiger partial charge >= 0.3 is 0 Å². The molecule has 0 spiro atoms. The highest BCUT2D eigenvalue weighted by atomic mass is 32.2. The van der Waals surface area contributed by atoms with Crippen LogP contribution in [0, 0.1) is 0 Å². The minimum atomic E-state index is -3.03. The number of unbranched alkanes of at least 4 members (excludes halogenated alkanes) is 2. The zero-order valence-electron chi connectivity index (χ0n) is 6.71. The molecule has 0 amide bonds. The molecule has 0 aromatic carbocycles. The van der Waals surface area contributed by atoms with Gasteiger partial charge in [-0.2, -0.15) is 0 Å². The lowest BCUT2D eigenvalue weighted by molar-refractivity contribution is 0.284. The molecule has 0 rings (SSSR count). The molecule has 0 bridgehead atoms. The van der Waals surface area contributed by atoms with E-state index in [1.54, 1.807) is 0 Å². The second kappa shape index (κ2) is 5.51. The van der Waals surface area contributed by atoms with Gasteiger partial charge in [-0.1, -0.05) is 6.42 Å². The van der Waals surface area contributed by atoms with Gasteiger partial charge < -0.3 is 5.11 Å². The molecule has 68 valence electrons. The lowest BCUT2D eigenvalue weighted by atomic mass is 10.3. The van der Waals surface area contributed by atoms with E-state index in [2.05, 4.69) is 4.72 Å². The van der Waals surface area contributed by atoms with E-state index in [1.807, 2.05) is 0 Å². The fraction of sp³-hybridized carbons (Fsp3) is 1.00. The van der Waals surface area contributed by atoms with E-state index < -0.39 is 10.0 Å². The number of aliphatic hydroxyl groups excluding tert-OH is 1. The van der Waals surface area contributed by atoms with Crippen molar-refractivity contribution in [3.63, 3.8) is 0 Å². The van der Waals surface area contributed by atoms with Crippen LogP contribution < -0.4 is 4.72 Å². The van der Waals surface area contributed by atoms with Gasteiger partial charge in [0.25, 0.3) is 0 Å². The molecule has 0 saturated heterocycles. The predicted octanol–water partition coefficient (Wildman–Crippen LogP) is -0.302. The Labute approximate surface area is 67.7 Å². The minimum absolute atomic E-state index is 0.138. The van der Waals surface area contributed by atoms with Crippen LogP contribution in [0.3, 0.4) is 0 Å². The highest BCUT2D eigenvalue weighted by molar-refractivity contribution is 7.89. The first-order valence-corrected chi connectivity index (χ1v) is 5.29. The SMILES string of the molecule is CNS(=O)(=O)CCCCCO. The molecule has 0 aliphatic carbocycles. The van der Waals surface area contributed by atoms with E-state index in [-0.39, 0.29) is 12.4 Å². The lowest BCUT2D eigenvalue weighted by Crippen LogP contribution is -2.21. The van der Waals surface area contributed by atoms with Crippen LogP contribution in [0.1, 0.15) is 19.3 Å². The summed E-state index contributed by atoms with van der Waals surface area (Å²) in [6.45, 7) is 0.138. The summed E-state index contributed by atoms with van der Waals surface area (Å²) in [6.07, 6.45) is 2.06. The van der Waals surface area contributed by atoms with Crippen molar-refractivity contribution in [3.8, 4) is 0 Å². The highest BCUT2D eigenvalue weighted by Gasteiger charge is 2.04. The summed E-state index contributed by atoms with van der Waals surface area (Å²) in [4.78, 5) is 0. The first kappa shape index (κ1) is 10.9. The van der Waals surface area contributed by atoms with E-state index in [0.29, 0.717) is 12.8 Å². The molecule has 5 heteroatoms. The van der Waals surface area contributed by atoms with Gasteiger partial charge in [0.15, 0.2) is 0 Å². The quantitative estimate of drug-likeness (QED) is 0.553. The number of hydrogen-bond donors (Lipinski definition) is 2. The largest absolute Gasteiger partial charge is 0.396 e. The van der Waals surface area contributed by atoms with Crippen LogP contribution in [0.4, 0.5) is 0 Å². The van der Waals surface area contributed by atoms with Crippen molar-refractivity contribution >= 4 is 10.0 Å². The third-order valence-corrected chi connectivity index (χ3v) is 2.83. The summed E-state index contributed by atoms with van der Waals surface area (Å²) in [5.74, 6) is 0.156. The van der Waals surface area contributed by atoms with Crippen molar-refractivity contribution in [3.05, 3.63) is 0 Å². The van der Waals surface area contributed by atoms with Crippen LogP contribution in [0.2, 0.25) is 0 Å². The van der Waals surface area contributed by atoms with Crippen molar-refractivity contribution in [2.45, 2.75) is 19.3 Å². The zero-order valence-corrected chi connectivity index (χ0v) is 7.52. The van der Waals surface area contributed by atoms with Gasteiger partial charge in [0.2, 0.25) is 10.0 Å². The molecule has 0 atom stereocenters. The van der Waals surface area contributed by atoms with Crippen molar-refractivity contribution < 1.29 is 13.5 Å². The third-order valence-electron chi connectivity index (χ3n) is 1.38. The smallest absolute Gasteiger partial charge is 0.211 e. The highest BCUT2D eigenvalue weighted by Crippen LogP contribution is 1.96. The molecule has 0 heterocycles. The summed E-state index contributed by atoms with van der Waals surface area (Å²) in [7, 11) is -1.63. The summed E-state index contributed by atoms with van der Waals surface area (Å²) >= 11 is 0. The number of rotatable bonds is 6. The van der Waals surface area contributed by atoms with Crippen LogP contribution in [0.25, 0.3) is 0 Å². The normalized spacial score (nSPS) is 11.8. The number of hydrogen-bond acceptors (Lipinski definition) is 3. The van der Waals surface area contributed by atoms with Crippen molar-refractivity contribution in [1.29, 1.82) is 0 Å². The summed E-state index contributed by atoms with van der Waals surface area (Å²) < 4.78 is 23.8. The standard InChI is InChI=1S/C6H15NO3S/c1-7-11(9,10)6-4-2-3-5-8/h7-8H,2-6H2,1H3. The molecular weight excluding hydrogens is 166 g/mol. The van der Waals surface area contributed by atoms with Crippen molar-refractivity contribution in [2.24, 2.45) is 0 Å². The Balaban J connectivity index is 3.39. The molecule has 0 aromatic heterocycles. The van der Waals surface area contributed by atoms with Gasteiger partial charge in [-0.05, 0) is 19.9 Å². The van der Waals surface area contributed by atoms with Crippen LogP contribution >= 0.6 is 0 Å². The van der Waals surface area contributed by atoms with E-state index in [4.69, 9.17) is 5.11 Å². The topological polar surface area (TPSA) is 66.4 Å². The average Bonchev–Trinajstić information content (AvgIpc) is 1.99. The number of aliphatic hydroxyl groups is 1. The Bertz CT molecular complexity index is 176. The van der Waals surface area contributed by atoms with Crippen molar-refractivity contribution in [1.82, 2.24) is 4.72 Å². The molecule has 0 saturated carbocycles. The van der Waals surface area contributed by atoms with Crippen LogP contribution in [-0.2, 0) is 10.0 Å². The van der Waals surface area contributed by atoms with Gasteiger partial charge in [0, 0.05) is 6.61 Å². The molecule has 0 radical (unpaired) electrons. The third kappa shape index (κ3) is 6.28. The molecule has 0 unspecified atom stereocenters. The Hall–Kier alpha value is -0.130.